The molecule has 3 amide bonds. The van der Waals surface area contributed by atoms with E-state index in [2.05, 4.69) is 0 Å². The largest absolute Gasteiger partial charge is 0.444 e. The van der Waals surface area contributed by atoms with E-state index in [-0.39, 0.29) is 12.1 Å². The summed E-state index contributed by atoms with van der Waals surface area (Å²) in [6, 6.07) is 0.0169. The van der Waals surface area contributed by atoms with Crippen molar-refractivity contribution >= 4 is 12.1 Å². The predicted molar refractivity (Wildman–Crippen MR) is 83.9 cm³/mol. The lowest BCUT2D eigenvalue weighted by Crippen LogP contribution is -2.47. The second-order valence-electron chi connectivity index (χ2n) is 6.56. The Bertz CT molecular complexity index is 375. The van der Waals surface area contributed by atoms with Gasteiger partial charge in [0.2, 0.25) is 0 Å². The van der Waals surface area contributed by atoms with Crippen LogP contribution < -0.4 is 0 Å². The van der Waals surface area contributed by atoms with E-state index in [9.17, 15) is 9.59 Å². The van der Waals surface area contributed by atoms with Crippen molar-refractivity contribution < 1.29 is 19.1 Å². The SMILES string of the molecule is CN(CCCN(C)C(=O)N1CCOCC1)C(=O)OC(C)(C)C. The number of ether oxygens (including phenoxy) is 2. The van der Waals surface area contributed by atoms with E-state index in [1.165, 1.54) is 4.90 Å². The molecule has 0 bridgehead atoms. The molecular formula is C15H29N3O4. The second-order valence-corrected chi connectivity index (χ2v) is 6.56. The minimum Gasteiger partial charge on any atom is -0.444 e. The predicted octanol–water partition coefficient (Wildman–Crippen LogP) is 1.63. The number of morpholine rings is 1. The number of nitrogens with zero attached hydrogens (tertiary/aromatic N) is 3. The van der Waals surface area contributed by atoms with E-state index in [1.807, 2.05) is 20.8 Å². The minimum atomic E-state index is -0.492. The Labute approximate surface area is 133 Å². The van der Waals surface area contributed by atoms with Gasteiger partial charge in [-0.3, -0.25) is 0 Å². The molecular weight excluding hydrogens is 286 g/mol. The third-order valence-corrected chi connectivity index (χ3v) is 3.30. The maximum absolute atomic E-state index is 12.2. The summed E-state index contributed by atoms with van der Waals surface area (Å²) < 4.78 is 10.5. The summed E-state index contributed by atoms with van der Waals surface area (Å²) in [5, 5.41) is 0. The first-order valence-electron chi connectivity index (χ1n) is 7.72. The summed E-state index contributed by atoms with van der Waals surface area (Å²) in [7, 11) is 3.49. The van der Waals surface area contributed by atoms with Crippen LogP contribution in [0.4, 0.5) is 9.59 Å². The van der Waals surface area contributed by atoms with Gasteiger partial charge in [-0.15, -0.1) is 0 Å². The van der Waals surface area contributed by atoms with E-state index >= 15 is 0 Å². The highest BCUT2D eigenvalue weighted by molar-refractivity contribution is 5.74. The van der Waals surface area contributed by atoms with Crippen molar-refractivity contribution in [3.8, 4) is 0 Å². The van der Waals surface area contributed by atoms with Crippen molar-refractivity contribution in [1.29, 1.82) is 0 Å². The molecule has 0 unspecified atom stereocenters. The fourth-order valence-electron chi connectivity index (χ4n) is 2.07. The topological polar surface area (TPSA) is 62.3 Å². The number of amides is 3. The highest BCUT2D eigenvalue weighted by Crippen LogP contribution is 2.09. The molecule has 0 aromatic rings. The molecule has 1 saturated heterocycles. The lowest BCUT2D eigenvalue weighted by Gasteiger charge is -2.31. The van der Waals surface area contributed by atoms with Gasteiger partial charge in [0.25, 0.3) is 0 Å². The van der Waals surface area contributed by atoms with E-state index in [0.29, 0.717) is 45.8 Å². The fourth-order valence-corrected chi connectivity index (χ4v) is 2.07. The Hall–Kier alpha value is -1.50. The first-order valence-corrected chi connectivity index (χ1v) is 7.72. The molecule has 0 aromatic carbocycles. The van der Waals surface area contributed by atoms with E-state index < -0.39 is 5.60 Å². The molecule has 128 valence electrons. The number of rotatable bonds is 4. The van der Waals surface area contributed by atoms with Crippen LogP contribution in [0.3, 0.4) is 0 Å². The molecule has 1 rings (SSSR count). The quantitative estimate of drug-likeness (QED) is 0.791. The molecule has 0 aromatic heterocycles. The van der Waals surface area contributed by atoms with Crippen molar-refractivity contribution in [2.24, 2.45) is 0 Å². The van der Waals surface area contributed by atoms with Gasteiger partial charge in [0.1, 0.15) is 5.60 Å². The van der Waals surface area contributed by atoms with Gasteiger partial charge < -0.3 is 24.2 Å². The first kappa shape index (κ1) is 18.5. The number of carbonyl (C=O) groups excluding carboxylic acids is 2. The maximum Gasteiger partial charge on any atom is 0.410 e. The van der Waals surface area contributed by atoms with Gasteiger partial charge in [0, 0.05) is 40.3 Å². The Morgan fingerprint density at radius 2 is 1.64 bits per heavy atom. The molecule has 1 heterocycles. The summed E-state index contributed by atoms with van der Waals surface area (Å²) in [5.74, 6) is 0. The third-order valence-electron chi connectivity index (χ3n) is 3.30. The number of hydrogen-bond donors (Lipinski definition) is 0. The van der Waals surface area contributed by atoms with Gasteiger partial charge in [-0.2, -0.15) is 0 Å². The van der Waals surface area contributed by atoms with Crippen molar-refractivity contribution in [2.45, 2.75) is 32.8 Å². The van der Waals surface area contributed by atoms with Gasteiger partial charge in [-0.05, 0) is 27.2 Å². The molecule has 1 aliphatic heterocycles. The van der Waals surface area contributed by atoms with Crippen LogP contribution >= 0.6 is 0 Å². The maximum atomic E-state index is 12.2. The van der Waals surface area contributed by atoms with Crippen LogP contribution in [0.5, 0.6) is 0 Å². The average Bonchev–Trinajstić information content (AvgIpc) is 2.45. The highest BCUT2D eigenvalue weighted by Gasteiger charge is 2.21. The molecule has 0 atom stereocenters. The molecule has 0 aliphatic carbocycles. The smallest absolute Gasteiger partial charge is 0.410 e. The molecule has 0 saturated carbocycles. The summed E-state index contributed by atoms with van der Waals surface area (Å²) in [6.45, 7) is 9.15. The number of carbonyl (C=O) groups is 2. The van der Waals surface area contributed by atoms with E-state index in [4.69, 9.17) is 9.47 Å². The molecule has 1 aliphatic rings. The van der Waals surface area contributed by atoms with Crippen LogP contribution in [0.1, 0.15) is 27.2 Å². The molecule has 0 spiro atoms. The van der Waals surface area contributed by atoms with Gasteiger partial charge in [-0.1, -0.05) is 0 Å². The Kier molecular flexibility index (Phi) is 6.93. The Balaban J connectivity index is 2.27. The van der Waals surface area contributed by atoms with Crippen molar-refractivity contribution in [3.63, 3.8) is 0 Å². The fraction of sp³-hybridized carbons (Fsp3) is 0.867. The molecule has 0 radical (unpaired) electrons. The van der Waals surface area contributed by atoms with Crippen molar-refractivity contribution in [3.05, 3.63) is 0 Å². The Morgan fingerprint density at radius 3 is 2.18 bits per heavy atom. The van der Waals surface area contributed by atoms with E-state index in [0.717, 1.165) is 0 Å². The Morgan fingerprint density at radius 1 is 1.09 bits per heavy atom. The van der Waals surface area contributed by atoms with Gasteiger partial charge in [-0.25, -0.2) is 9.59 Å². The summed E-state index contributed by atoms with van der Waals surface area (Å²) in [6.07, 6.45) is 0.372. The zero-order valence-electron chi connectivity index (χ0n) is 14.4. The van der Waals surface area contributed by atoms with Crippen LogP contribution in [0, 0.1) is 0 Å². The highest BCUT2D eigenvalue weighted by atomic mass is 16.6. The van der Waals surface area contributed by atoms with Gasteiger partial charge in [0.05, 0.1) is 13.2 Å². The average molecular weight is 315 g/mol. The van der Waals surface area contributed by atoms with Crippen LogP contribution in [0.2, 0.25) is 0 Å². The summed E-state index contributed by atoms with van der Waals surface area (Å²) >= 11 is 0. The zero-order valence-corrected chi connectivity index (χ0v) is 14.4. The normalized spacial score (nSPS) is 15.4. The number of hydrogen-bond acceptors (Lipinski definition) is 4. The standard InChI is InChI=1S/C15H29N3O4/c1-15(2,3)22-14(20)17(5)8-6-7-16(4)13(19)18-9-11-21-12-10-18/h6-12H2,1-5H3. The first-order chi connectivity index (χ1) is 10.2. The second kappa shape index (κ2) is 8.22. The van der Waals surface area contributed by atoms with Gasteiger partial charge >= 0.3 is 12.1 Å². The van der Waals surface area contributed by atoms with Crippen LogP contribution in [-0.4, -0.2) is 85.9 Å². The van der Waals surface area contributed by atoms with Crippen LogP contribution in [0.25, 0.3) is 0 Å². The monoisotopic (exact) mass is 315 g/mol. The lowest BCUT2D eigenvalue weighted by molar-refractivity contribution is 0.0291. The summed E-state index contributed by atoms with van der Waals surface area (Å²) in [4.78, 5) is 29.0. The summed E-state index contributed by atoms with van der Waals surface area (Å²) in [5.41, 5.74) is -0.492. The molecule has 7 nitrogen and oxygen atoms in total. The molecule has 0 N–H and O–H groups in total. The van der Waals surface area contributed by atoms with Crippen molar-refractivity contribution in [2.75, 3.05) is 53.5 Å². The minimum absolute atomic E-state index is 0.0169. The number of urea groups is 1. The molecule has 7 heteroatoms. The van der Waals surface area contributed by atoms with Crippen LogP contribution in [0.15, 0.2) is 0 Å². The molecule has 22 heavy (non-hydrogen) atoms. The third kappa shape index (κ3) is 6.51. The lowest BCUT2D eigenvalue weighted by atomic mass is 10.2. The van der Waals surface area contributed by atoms with E-state index in [1.54, 1.807) is 23.9 Å². The van der Waals surface area contributed by atoms with Crippen LogP contribution in [-0.2, 0) is 9.47 Å². The zero-order chi connectivity index (χ0) is 16.8. The van der Waals surface area contributed by atoms with Crippen molar-refractivity contribution in [1.82, 2.24) is 14.7 Å². The molecule has 1 fully saturated rings. The van der Waals surface area contributed by atoms with Gasteiger partial charge in [0.15, 0.2) is 0 Å².